The predicted octanol–water partition coefficient (Wildman–Crippen LogP) is 11.8. The minimum Gasteiger partial charge on any atom is -0.388 e. The van der Waals surface area contributed by atoms with E-state index in [1.807, 2.05) is 72.8 Å². The second-order valence-corrected chi connectivity index (χ2v) is 15.0. The lowest BCUT2D eigenvalue weighted by atomic mass is 9.64. The van der Waals surface area contributed by atoms with Crippen molar-refractivity contribution >= 4 is 11.6 Å². The van der Waals surface area contributed by atoms with Gasteiger partial charge in [0.25, 0.3) is 0 Å². The van der Waals surface area contributed by atoms with Crippen LogP contribution in [-0.4, -0.2) is 21.8 Å². The van der Waals surface area contributed by atoms with Crippen molar-refractivity contribution < 1.29 is 19.8 Å². The van der Waals surface area contributed by atoms with Gasteiger partial charge in [-0.2, -0.15) is 0 Å². The van der Waals surface area contributed by atoms with Crippen LogP contribution in [0.1, 0.15) is 160 Å². The highest BCUT2D eigenvalue weighted by molar-refractivity contribution is 6.00. The Kier molecular flexibility index (Phi) is 13.6. The summed E-state index contributed by atoms with van der Waals surface area (Å²) in [6.45, 7) is 9.11. The summed E-state index contributed by atoms with van der Waals surface area (Å²) in [5.74, 6) is 0.846. The lowest BCUT2D eigenvalue weighted by Crippen LogP contribution is -2.32. The van der Waals surface area contributed by atoms with Gasteiger partial charge in [0.15, 0.2) is 11.6 Å². The number of aliphatic hydroxyl groups is 2. The summed E-state index contributed by atoms with van der Waals surface area (Å²) in [5, 5.41) is 22.0. The first-order valence-electron chi connectivity index (χ1n) is 19.6. The lowest BCUT2D eigenvalue weighted by molar-refractivity contribution is 0.0869. The molecule has 0 spiro atoms. The van der Waals surface area contributed by atoms with Crippen molar-refractivity contribution in [3.05, 3.63) is 130 Å². The topological polar surface area (TPSA) is 74.6 Å². The Bertz CT molecular complexity index is 1600. The number of rotatable bonds is 20. The number of fused-ring (bicyclic) bond motifs is 3. The minimum atomic E-state index is -0.870. The summed E-state index contributed by atoms with van der Waals surface area (Å²) in [4.78, 5) is 27.8. The third-order valence-corrected chi connectivity index (χ3v) is 11.5. The zero-order valence-electron chi connectivity index (χ0n) is 31.2. The molecule has 1 aliphatic carbocycles. The third-order valence-electron chi connectivity index (χ3n) is 11.5. The molecule has 4 heteroatoms. The molecule has 0 saturated heterocycles. The van der Waals surface area contributed by atoms with E-state index in [1.165, 1.54) is 24.0 Å². The third kappa shape index (κ3) is 8.96. The van der Waals surface area contributed by atoms with Gasteiger partial charge in [-0.25, -0.2) is 0 Å². The summed E-state index contributed by atoms with van der Waals surface area (Å²) >= 11 is 0. The smallest absolute Gasteiger partial charge is 0.165 e. The molecule has 0 bridgehead atoms. The Morgan fingerprint density at radius 2 is 0.961 bits per heavy atom. The van der Waals surface area contributed by atoms with Gasteiger partial charge in [-0.05, 0) is 70.2 Å². The lowest BCUT2D eigenvalue weighted by Gasteiger charge is -2.39. The molecule has 0 amide bonds. The fraction of sp³-hybridized carbons (Fsp3) is 0.447. The van der Waals surface area contributed by atoms with E-state index in [4.69, 9.17) is 0 Å². The van der Waals surface area contributed by atoms with Gasteiger partial charge in [0.1, 0.15) is 0 Å². The molecule has 4 aromatic rings. The number of unbranched alkanes of at least 4 members (excludes halogenated alkanes) is 2. The van der Waals surface area contributed by atoms with Gasteiger partial charge in [0.05, 0.1) is 12.2 Å². The van der Waals surface area contributed by atoms with E-state index in [9.17, 15) is 19.8 Å². The second-order valence-electron chi connectivity index (χ2n) is 15.0. The fourth-order valence-electron chi connectivity index (χ4n) is 8.41. The average molecular weight is 687 g/mol. The number of hydrogen-bond acceptors (Lipinski definition) is 4. The Morgan fingerprint density at radius 1 is 0.569 bits per heavy atom. The second kappa shape index (κ2) is 18.1. The molecule has 0 fully saturated rings. The van der Waals surface area contributed by atoms with Crippen molar-refractivity contribution in [2.45, 2.75) is 122 Å². The molecule has 270 valence electrons. The number of carbonyl (C=O) groups excluding carboxylic acids is 2. The van der Waals surface area contributed by atoms with Crippen LogP contribution < -0.4 is 0 Å². The van der Waals surface area contributed by atoms with E-state index in [1.54, 1.807) is 0 Å². The van der Waals surface area contributed by atoms with Crippen molar-refractivity contribution in [3.63, 3.8) is 0 Å². The van der Waals surface area contributed by atoms with Crippen LogP contribution in [0.3, 0.4) is 0 Å². The van der Waals surface area contributed by atoms with Crippen LogP contribution in [0.4, 0.5) is 0 Å². The number of carbonyl (C=O) groups is 2. The largest absolute Gasteiger partial charge is 0.388 e. The number of benzene rings is 4. The van der Waals surface area contributed by atoms with Crippen LogP contribution in [0, 0.1) is 11.8 Å². The normalized spacial score (nSPS) is 17.3. The highest BCUT2D eigenvalue weighted by Crippen LogP contribution is 2.57. The molecule has 0 heterocycles. The van der Waals surface area contributed by atoms with Gasteiger partial charge >= 0.3 is 0 Å². The Balaban J connectivity index is 1.61. The van der Waals surface area contributed by atoms with Crippen molar-refractivity contribution in [1.29, 1.82) is 0 Å². The average Bonchev–Trinajstić information content (AvgIpc) is 3.43. The van der Waals surface area contributed by atoms with Crippen LogP contribution in [0.15, 0.2) is 97.1 Å². The molecule has 0 aromatic heterocycles. The Labute approximate surface area is 306 Å². The maximum atomic E-state index is 13.9. The summed E-state index contributed by atoms with van der Waals surface area (Å²) in [6.07, 6.45) is 9.30. The molecule has 4 aromatic carbocycles. The first-order chi connectivity index (χ1) is 24.7. The van der Waals surface area contributed by atoms with Gasteiger partial charge in [-0.1, -0.05) is 164 Å². The first-order valence-corrected chi connectivity index (χ1v) is 19.6. The van der Waals surface area contributed by atoms with Gasteiger partial charge in [0, 0.05) is 29.4 Å². The van der Waals surface area contributed by atoms with Crippen molar-refractivity contribution in [2.75, 3.05) is 0 Å². The standard InChI is InChI=1S/C47H58O4/c1-5-9-17-33(7-3)31-47(32-34(8-4)18-10-6-2)41-27-37(45(50)29-43(48)35-19-13-11-14-20-35)23-25-39(41)40-26-24-38(28-42(40)47)46(51)30-44(49)36-21-15-12-16-22-36/h11-16,19-28,33-34,43-44,48-49H,5-10,17-18,29-32H2,1-4H3. The van der Waals surface area contributed by atoms with Crippen LogP contribution in [0.25, 0.3) is 11.1 Å². The van der Waals surface area contributed by atoms with Gasteiger partial charge < -0.3 is 10.2 Å². The fourth-order valence-corrected chi connectivity index (χ4v) is 8.41. The Morgan fingerprint density at radius 3 is 1.31 bits per heavy atom. The maximum absolute atomic E-state index is 13.9. The van der Waals surface area contributed by atoms with Crippen LogP contribution in [0.2, 0.25) is 0 Å². The van der Waals surface area contributed by atoms with Crippen LogP contribution >= 0.6 is 0 Å². The molecule has 5 rings (SSSR count). The highest BCUT2D eigenvalue weighted by atomic mass is 16.3. The number of hydrogen-bond donors (Lipinski definition) is 2. The first kappa shape index (κ1) is 38.4. The van der Waals surface area contributed by atoms with E-state index in [-0.39, 0.29) is 29.8 Å². The number of Topliss-reactive ketones (excluding diaryl/α,β-unsaturated/α-hetero) is 2. The molecule has 2 N–H and O–H groups in total. The van der Waals surface area contributed by atoms with Crippen LogP contribution in [-0.2, 0) is 5.41 Å². The summed E-state index contributed by atoms with van der Waals surface area (Å²) in [6, 6.07) is 31.2. The SMILES string of the molecule is CCCCC(CC)CC1(CC(CC)CCCC)c2cc(C(=O)CC(O)c3ccccc3)ccc2-c2ccc(C(=O)CC(O)c3ccccc3)cc21. The molecule has 4 unspecified atom stereocenters. The molecule has 0 saturated carbocycles. The molecule has 4 nitrogen and oxygen atoms in total. The predicted molar refractivity (Wildman–Crippen MR) is 209 cm³/mol. The summed E-state index contributed by atoms with van der Waals surface area (Å²) in [5.41, 5.74) is 7.05. The molecular formula is C47H58O4. The molecule has 0 aliphatic heterocycles. The highest BCUT2D eigenvalue weighted by Gasteiger charge is 2.46. The van der Waals surface area contributed by atoms with E-state index >= 15 is 0 Å². The molecule has 4 atom stereocenters. The van der Waals surface area contributed by atoms with Gasteiger partial charge in [-0.3, -0.25) is 9.59 Å². The number of aliphatic hydroxyl groups excluding tert-OH is 2. The van der Waals surface area contributed by atoms with E-state index in [0.717, 1.165) is 73.6 Å². The van der Waals surface area contributed by atoms with Crippen LogP contribution in [0.5, 0.6) is 0 Å². The maximum Gasteiger partial charge on any atom is 0.165 e. The van der Waals surface area contributed by atoms with E-state index in [0.29, 0.717) is 23.0 Å². The van der Waals surface area contributed by atoms with Crippen molar-refractivity contribution in [3.8, 4) is 11.1 Å². The molecule has 51 heavy (non-hydrogen) atoms. The number of ketones is 2. The molecule has 0 radical (unpaired) electrons. The monoisotopic (exact) mass is 686 g/mol. The van der Waals surface area contributed by atoms with E-state index < -0.39 is 12.2 Å². The van der Waals surface area contributed by atoms with Gasteiger partial charge in [-0.15, -0.1) is 0 Å². The summed E-state index contributed by atoms with van der Waals surface area (Å²) < 4.78 is 0. The van der Waals surface area contributed by atoms with Gasteiger partial charge in [0.2, 0.25) is 0 Å². The minimum absolute atomic E-state index is 0.0211. The zero-order valence-corrected chi connectivity index (χ0v) is 31.2. The molecular weight excluding hydrogens is 629 g/mol. The zero-order chi connectivity index (χ0) is 36.4. The Hall–Kier alpha value is -3.86. The molecule has 1 aliphatic rings. The van der Waals surface area contributed by atoms with E-state index in [2.05, 4.69) is 52.0 Å². The van der Waals surface area contributed by atoms with Crippen molar-refractivity contribution in [2.24, 2.45) is 11.8 Å². The summed E-state index contributed by atoms with van der Waals surface area (Å²) in [7, 11) is 0. The van der Waals surface area contributed by atoms with Crippen molar-refractivity contribution in [1.82, 2.24) is 0 Å². The quantitative estimate of drug-likeness (QED) is 0.0908.